The average Bonchev–Trinajstić information content (AvgIpc) is 1.84. The molecule has 0 bridgehead atoms. The maximum absolute atomic E-state index is 2.35. The lowest BCUT2D eigenvalue weighted by Gasteiger charge is -2.24. The second-order valence-electron chi connectivity index (χ2n) is 5.21. The molecule has 0 aliphatic rings. The van der Waals surface area contributed by atoms with Crippen molar-refractivity contribution in [2.24, 2.45) is 17.3 Å². The van der Waals surface area contributed by atoms with Crippen LogP contribution >= 0.6 is 0 Å². The summed E-state index contributed by atoms with van der Waals surface area (Å²) >= 11 is 0. The van der Waals surface area contributed by atoms with E-state index in [9.17, 15) is 0 Å². The summed E-state index contributed by atoms with van der Waals surface area (Å²) in [6.07, 6.45) is 5.88. The monoisotopic (exact) mass is 168 g/mol. The van der Waals surface area contributed by atoms with E-state index >= 15 is 0 Å². The van der Waals surface area contributed by atoms with Crippen LogP contribution < -0.4 is 0 Å². The summed E-state index contributed by atoms with van der Waals surface area (Å²) in [6, 6.07) is 0. The van der Waals surface area contributed by atoms with Gasteiger partial charge in [-0.1, -0.05) is 53.7 Å². The molecule has 0 aromatic rings. The van der Waals surface area contributed by atoms with Crippen molar-refractivity contribution in [3.8, 4) is 0 Å². The molecule has 0 saturated heterocycles. The third kappa shape index (κ3) is 5.40. The minimum absolute atomic E-state index is 0.410. The molecule has 0 heterocycles. The van der Waals surface area contributed by atoms with Gasteiger partial charge in [0.15, 0.2) is 0 Å². The zero-order valence-corrected chi connectivity index (χ0v) is 9.52. The van der Waals surface area contributed by atoms with E-state index in [1.807, 2.05) is 0 Å². The van der Waals surface area contributed by atoms with Crippen LogP contribution in [0.1, 0.15) is 48.0 Å². The van der Waals surface area contributed by atoms with E-state index in [1.54, 1.807) is 0 Å². The molecule has 72 valence electrons. The van der Waals surface area contributed by atoms with Crippen molar-refractivity contribution in [3.05, 3.63) is 12.2 Å². The molecule has 0 radical (unpaired) electrons. The maximum atomic E-state index is 2.35. The van der Waals surface area contributed by atoms with Gasteiger partial charge in [0.05, 0.1) is 0 Å². The fourth-order valence-electron chi connectivity index (χ4n) is 0.844. The van der Waals surface area contributed by atoms with Crippen LogP contribution in [0, 0.1) is 17.3 Å². The number of hydrogen-bond donors (Lipinski definition) is 0. The molecule has 0 saturated carbocycles. The molecule has 0 aliphatic carbocycles. The van der Waals surface area contributed by atoms with Crippen molar-refractivity contribution < 1.29 is 0 Å². The van der Waals surface area contributed by atoms with E-state index < -0.39 is 0 Å². The molecule has 12 heavy (non-hydrogen) atoms. The predicted octanol–water partition coefficient (Wildman–Crippen LogP) is 4.27. The van der Waals surface area contributed by atoms with Gasteiger partial charge in [-0.2, -0.15) is 0 Å². The van der Waals surface area contributed by atoms with Crippen molar-refractivity contribution in [2.75, 3.05) is 0 Å². The SMILES string of the molecule is CC(C)CC=C[C@H](C)C(C)(C)C. The summed E-state index contributed by atoms with van der Waals surface area (Å²) in [5, 5.41) is 0. The highest BCUT2D eigenvalue weighted by Gasteiger charge is 2.16. The predicted molar refractivity (Wildman–Crippen MR) is 57.2 cm³/mol. The van der Waals surface area contributed by atoms with E-state index in [2.05, 4.69) is 53.7 Å². The highest BCUT2D eigenvalue weighted by molar-refractivity contribution is 4.91. The van der Waals surface area contributed by atoms with Crippen LogP contribution in [0.15, 0.2) is 12.2 Å². The topological polar surface area (TPSA) is 0 Å². The minimum atomic E-state index is 0.410. The average molecular weight is 168 g/mol. The zero-order valence-electron chi connectivity index (χ0n) is 9.52. The van der Waals surface area contributed by atoms with Crippen molar-refractivity contribution in [3.63, 3.8) is 0 Å². The summed E-state index contributed by atoms with van der Waals surface area (Å²) in [6.45, 7) is 13.7. The van der Waals surface area contributed by atoms with Crippen LogP contribution in [0.2, 0.25) is 0 Å². The molecule has 0 fully saturated rings. The Morgan fingerprint density at radius 1 is 1.08 bits per heavy atom. The van der Waals surface area contributed by atoms with Crippen LogP contribution in [0.3, 0.4) is 0 Å². The molecule has 0 aromatic carbocycles. The van der Waals surface area contributed by atoms with E-state index in [1.165, 1.54) is 6.42 Å². The largest absolute Gasteiger partial charge is 0.0880 e. The number of rotatable bonds is 3. The molecule has 0 unspecified atom stereocenters. The lowest BCUT2D eigenvalue weighted by Crippen LogP contribution is -2.14. The molecule has 0 nitrogen and oxygen atoms in total. The Balaban J connectivity index is 3.84. The van der Waals surface area contributed by atoms with Crippen molar-refractivity contribution in [1.29, 1.82) is 0 Å². The Morgan fingerprint density at radius 3 is 1.92 bits per heavy atom. The molecule has 0 aromatic heterocycles. The Bertz CT molecular complexity index is 135. The molecule has 0 rings (SSSR count). The minimum Gasteiger partial charge on any atom is -0.0880 e. The summed E-state index contributed by atoms with van der Waals surface area (Å²) in [5.74, 6) is 1.46. The van der Waals surface area contributed by atoms with E-state index in [0.717, 1.165) is 5.92 Å². The fraction of sp³-hybridized carbons (Fsp3) is 0.833. The summed E-state index contributed by atoms with van der Waals surface area (Å²) < 4.78 is 0. The quantitative estimate of drug-likeness (QED) is 0.552. The van der Waals surface area contributed by atoms with Gasteiger partial charge in [0.25, 0.3) is 0 Å². The molecule has 0 N–H and O–H groups in total. The first-order valence-electron chi connectivity index (χ1n) is 5.00. The maximum Gasteiger partial charge on any atom is -0.0213 e. The first-order chi connectivity index (χ1) is 5.34. The summed E-state index contributed by atoms with van der Waals surface area (Å²) in [7, 11) is 0. The molecular weight excluding hydrogens is 144 g/mol. The molecule has 0 spiro atoms. The highest BCUT2D eigenvalue weighted by atomic mass is 14.2. The van der Waals surface area contributed by atoms with E-state index in [0.29, 0.717) is 11.3 Å². The third-order valence-corrected chi connectivity index (χ3v) is 2.40. The second-order valence-corrected chi connectivity index (χ2v) is 5.21. The lowest BCUT2D eigenvalue weighted by molar-refractivity contribution is 0.314. The van der Waals surface area contributed by atoms with Crippen LogP contribution in [0.5, 0.6) is 0 Å². The van der Waals surface area contributed by atoms with Crippen LogP contribution in [0.25, 0.3) is 0 Å². The molecular formula is C12H24. The third-order valence-electron chi connectivity index (χ3n) is 2.40. The first-order valence-corrected chi connectivity index (χ1v) is 5.00. The second kappa shape index (κ2) is 4.69. The van der Waals surface area contributed by atoms with Crippen LogP contribution in [-0.2, 0) is 0 Å². The first kappa shape index (κ1) is 11.7. The van der Waals surface area contributed by atoms with Crippen LogP contribution in [0.4, 0.5) is 0 Å². The van der Waals surface area contributed by atoms with Gasteiger partial charge in [-0.05, 0) is 23.7 Å². The van der Waals surface area contributed by atoms with Gasteiger partial charge in [0.2, 0.25) is 0 Å². The van der Waals surface area contributed by atoms with Gasteiger partial charge in [-0.3, -0.25) is 0 Å². The lowest BCUT2D eigenvalue weighted by atomic mass is 9.82. The van der Waals surface area contributed by atoms with Gasteiger partial charge in [-0.15, -0.1) is 0 Å². The normalized spacial score (nSPS) is 15.9. The van der Waals surface area contributed by atoms with Gasteiger partial charge in [-0.25, -0.2) is 0 Å². The van der Waals surface area contributed by atoms with E-state index in [-0.39, 0.29) is 0 Å². The Hall–Kier alpha value is -0.260. The molecule has 0 aliphatic heterocycles. The smallest absolute Gasteiger partial charge is 0.0213 e. The van der Waals surface area contributed by atoms with Gasteiger partial charge in [0, 0.05) is 0 Å². The molecule has 0 amide bonds. The van der Waals surface area contributed by atoms with Crippen molar-refractivity contribution >= 4 is 0 Å². The zero-order chi connectivity index (χ0) is 9.78. The standard InChI is InChI=1S/C12H24/c1-10(2)8-7-9-11(3)12(4,5)6/h7,9-11H,8H2,1-6H3/t11-/m0/s1. The summed E-state index contributed by atoms with van der Waals surface area (Å²) in [5.41, 5.74) is 0.410. The van der Waals surface area contributed by atoms with Gasteiger partial charge in [0.1, 0.15) is 0 Å². The van der Waals surface area contributed by atoms with Gasteiger partial charge < -0.3 is 0 Å². The molecule has 1 atom stereocenters. The number of hydrogen-bond acceptors (Lipinski definition) is 0. The fourth-order valence-corrected chi connectivity index (χ4v) is 0.844. The Morgan fingerprint density at radius 2 is 1.58 bits per heavy atom. The van der Waals surface area contributed by atoms with Crippen molar-refractivity contribution in [2.45, 2.75) is 48.0 Å². The highest BCUT2D eigenvalue weighted by Crippen LogP contribution is 2.26. The summed E-state index contributed by atoms with van der Waals surface area (Å²) in [4.78, 5) is 0. The molecule has 0 heteroatoms. The van der Waals surface area contributed by atoms with Crippen molar-refractivity contribution in [1.82, 2.24) is 0 Å². The van der Waals surface area contributed by atoms with Gasteiger partial charge >= 0.3 is 0 Å². The van der Waals surface area contributed by atoms with Crippen LogP contribution in [-0.4, -0.2) is 0 Å². The Kier molecular flexibility index (Phi) is 4.59. The van der Waals surface area contributed by atoms with E-state index in [4.69, 9.17) is 0 Å². The number of allylic oxidation sites excluding steroid dienone is 2. The Labute approximate surface area is 78.1 Å².